The van der Waals surface area contributed by atoms with Crippen LogP contribution in [0.4, 0.5) is 0 Å². The summed E-state index contributed by atoms with van der Waals surface area (Å²) < 4.78 is 6.94. The highest BCUT2D eigenvalue weighted by Crippen LogP contribution is 2.07. The van der Waals surface area contributed by atoms with Gasteiger partial charge in [-0.15, -0.1) is 5.10 Å². The SMILES string of the molecule is CC(N)c1cn(CC(=O)NCCOc2ccccc2)nn1. The highest BCUT2D eigenvalue weighted by atomic mass is 16.5. The van der Waals surface area contributed by atoms with Crippen LogP contribution in [0.5, 0.6) is 5.75 Å². The van der Waals surface area contributed by atoms with Crippen molar-refractivity contribution >= 4 is 5.91 Å². The summed E-state index contributed by atoms with van der Waals surface area (Å²) in [7, 11) is 0. The Morgan fingerprint density at radius 2 is 2.19 bits per heavy atom. The quantitative estimate of drug-likeness (QED) is 0.723. The second-order valence-corrected chi connectivity index (χ2v) is 4.64. The molecule has 0 saturated heterocycles. The van der Waals surface area contributed by atoms with Gasteiger partial charge in [0, 0.05) is 6.04 Å². The van der Waals surface area contributed by atoms with E-state index in [0.717, 1.165) is 5.75 Å². The van der Waals surface area contributed by atoms with Gasteiger partial charge in [0.15, 0.2) is 0 Å². The van der Waals surface area contributed by atoms with Crippen LogP contribution in [0, 0.1) is 0 Å². The fourth-order valence-corrected chi connectivity index (χ4v) is 1.68. The van der Waals surface area contributed by atoms with Crippen LogP contribution in [-0.4, -0.2) is 34.1 Å². The maximum Gasteiger partial charge on any atom is 0.241 e. The van der Waals surface area contributed by atoms with Crippen molar-refractivity contribution in [3.05, 3.63) is 42.2 Å². The molecule has 112 valence electrons. The molecule has 0 aliphatic heterocycles. The fraction of sp³-hybridized carbons (Fsp3) is 0.357. The summed E-state index contributed by atoms with van der Waals surface area (Å²) in [4.78, 5) is 11.7. The van der Waals surface area contributed by atoms with Crippen LogP contribution in [0.2, 0.25) is 0 Å². The minimum atomic E-state index is -0.193. The van der Waals surface area contributed by atoms with E-state index in [4.69, 9.17) is 10.5 Å². The third kappa shape index (κ3) is 4.88. The summed E-state index contributed by atoms with van der Waals surface area (Å²) in [5, 5.41) is 10.5. The predicted molar refractivity (Wildman–Crippen MR) is 77.6 cm³/mol. The van der Waals surface area contributed by atoms with E-state index in [0.29, 0.717) is 18.8 Å². The first-order valence-corrected chi connectivity index (χ1v) is 6.75. The van der Waals surface area contributed by atoms with Gasteiger partial charge in [0.2, 0.25) is 5.91 Å². The maximum atomic E-state index is 11.7. The molecule has 1 heterocycles. The largest absolute Gasteiger partial charge is 0.492 e. The second kappa shape index (κ2) is 7.39. The number of carbonyl (C=O) groups is 1. The summed E-state index contributed by atoms with van der Waals surface area (Å²) in [6.07, 6.45) is 1.67. The van der Waals surface area contributed by atoms with Gasteiger partial charge in [0.05, 0.1) is 18.4 Å². The average Bonchev–Trinajstić information content (AvgIpc) is 2.93. The zero-order valence-electron chi connectivity index (χ0n) is 11.9. The summed E-state index contributed by atoms with van der Waals surface area (Å²) in [5.74, 6) is 0.636. The smallest absolute Gasteiger partial charge is 0.241 e. The fourth-order valence-electron chi connectivity index (χ4n) is 1.68. The van der Waals surface area contributed by atoms with Gasteiger partial charge in [-0.1, -0.05) is 23.4 Å². The Hall–Kier alpha value is -2.41. The minimum absolute atomic E-state index is 0.116. The molecule has 2 aromatic rings. The zero-order valence-corrected chi connectivity index (χ0v) is 11.9. The first-order chi connectivity index (χ1) is 10.1. The summed E-state index contributed by atoms with van der Waals surface area (Å²) in [6, 6.07) is 9.26. The molecule has 7 nitrogen and oxygen atoms in total. The molecule has 21 heavy (non-hydrogen) atoms. The Bertz CT molecular complexity index is 568. The Balaban J connectivity index is 1.67. The Labute approximate surface area is 123 Å². The van der Waals surface area contributed by atoms with Crippen molar-refractivity contribution in [2.75, 3.05) is 13.2 Å². The minimum Gasteiger partial charge on any atom is -0.492 e. The molecule has 2 rings (SSSR count). The lowest BCUT2D eigenvalue weighted by Gasteiger charge is -2.07. The lowest BCUT2D eigenvalue weighted by atomic mass is 10.3. The first-order valence-electron chi connectivity index (χ1n) is 6.75. The van der Waals surface area contributed by atoms with Crippen LogP contribution < -0.4 is 15.8 Å². The lowest BCUT2D eigenvalue weighted by Crippen LogP contribution is -2.31. The predicted octanol–water partition coefficient (Wildman–Crippen LogP) is 0.493. The van der Waals surface area contributed by atoms with E-state index in [1.807, 2.05) is 37.3 Å². The highest BCUT2D eigenvalue weighted by Gasteiger charge is 2.08. The number of nitrogens with zero attached hydrogens (tertiary/aromatic N) is 3. The molecule has 1 amide bonds. The van der Waals surface area contributed by atoms with E-state index >= 15 is 0 Å². The number of amides is 1. The van der Waals surface area contributed by atoms with Crippen LogP contribution in [0.25, 0.3) is 0 Å². The molecule has 0 bridgehead atoms. The van der Waals surface area contributed by atoms with Gasteiger partial charge < -0.3 is 15.8 Å². The summed E-state index contributed by atoms with van der Waals surface area (Å²) in [5.41, 5.74) is 6.34. The van der Waals surface area contributed by atoms with E-state index in [9.17, 15) is 4.79 Å². The van der Waals surface area contributed by atoms with E-state index in [1.54, 1.807) is 6.20 Å². The van der Waals surface area contributed by atoms with Gasteiger partial charge in [-0.25, -0.2) is 4.68 Å². The molecule has 0 spiro atoms. The molecule has 0 fully saturated rings. The molecule has 0 saturated carbocycles. The monoisotopic (exact) mass is 289 g/mol. The maximum absolute atomic E-state index is 11.7. The van der Waals surface area contributed by atoms with Gasteiger partial charge in [-0.2, -0.15) is 0 Å². The van der Waals surface area contributed by atoms with Crippen LogP contribution in [0.15, 0.2) is 36.5 Å². The van der Waals surface area contributed by atoms with Crippen LogP contribution >= 0.6 is 0 Å². The standard InChI is InChI=1S/C14H19N5O2/c1-11(15)13-9-19(18-17-13)10-14(20)16-7-8-21-12-5-3-2-4-6-12/h2-6,9,11H,7-8,10,15H2,1H3,(H,16,20). The van der Waals surface area contributed by atoms with Crippen LogP contribution in [0.1, 0.15) is 18.7 Å². The van der Waals surface area contributed by atoms with Gasteiger partial charge in [-0.05, 0) is 19.1 Å². The van der Waals surface area contributed by atoms with E-state index in [1.165, 1.54) is 4.68 Å². The third-order valence-corrected chi connectivity index (χ3v) is 2.76. The molecule has 0 aliphatic rings. The topological polar surface area (TPSA) is 95.1 Å². The van der Waals surface area contributed by atoms with Crippen molar-refractivity contribution in [2.24, 2.45) is 5.73 Å². The van der Waals surface area contributed by atoms with E-state index in [2.05, 4.69) is 15.6 Å². The number of ether oxygens (including phenoxy) is 1. The number of aromatic nitrogens is 3. The normalized spacial score (nSPS) is 11.9. The van der Waals surface area contributed by atoms with Crippen LogP contribution in [0.3, 0.4) is 0 Å². The molecule has 3 N–H and O–H groups in total. The van der Waals surface area contributed by atoms with E-state index in [-0.39, 0.29) is 18.5 Å². The molecule has 0 aliphatic carbocycles. The van der Waals surface area contributed by atoms with Crippen molar-refractivity contribution in [1.29, 1.82) is 0 Å². The number of nitrogens with two attached hydrogens (primary N) is 1. The number of para-hydroxylation sites is 1. The molecular weight excluding hydrogens is 270 g/mol. The molecule has 0 radical (unpaired) electrons. The molecular formula is C14H19N5O2. The Morgan fingerprint density at radius 3 is 2.86 bits per heavy atom. The van der Waals surface area contributed by atoms with E-state index < -0.39 is 0 Å². The third-order valence-electron chi connectivity index (χ3n) is 2.76. The number of nitrogens with one attached hydrogen (secondary N) is 1. The number of hydrogen-bond donors (Lipinski definition) is 2. The van der Waals surface area contributed by atoms with Crippen molar-refractivity contribution in [1.82, 2.24) is 20.3 Å². The van der Waals surface area contributed by atoms with Crippen molar-refractivity contribution < 1.29 is 9.53 Å². The zero-order chi connectivity index (χ0) is 15.1. The second-order valence-electron chi connectivity index (χ2n) is 4.64. The average molecular weight is 289 g/mol. The van der Waals surface area contributed by atoms with Gasteiger partial charge >= 0.3 is 0 Å². The molecule has 7 heteroatoms. The summed E-state index contributed by atoms with van der Waals surface area (Å²) >= 11 is 0. The molecule has 1 aromatic carbocycles. The van der Waals surface area contributed by atoms with Gasteiger partial charge in [-0.3, -0.25) is 4.79 Å². The number of benzene rings is 1. The van der Waals surface area contributed by atoms with Crippen molar-refractivity contribution in [3.63, 3.8) is 0 Å². The molecule has 1 unspecified atom stereocenters. The van der Waals surface area contributed by atoms with Crippen LogP contribution in [-0.2, 0) is 11.3 Å². The van der Waals surface area contributed by atoms with Crippen molar-refractivity contribution in [3.8, 4) is 5.75 Å². The Morgan fingerprint density at radius 1 is 1.43 bits per heavy atom. The number of hydrogen-bond acceptors (Lipinski definition) is 5. The number of carbonyl (C=O) groups excluding carboxylic acids is 1. The highest BCUT2D eigenvalue weighted by molar-refractivity contribution is 5.75. The molecule has 1 aromatic heterocycles. The first kappa shape index (κ1) is 15.0. The lowest BCUT2D eigenvalue weighted by molar-refractivity contribution is -0.121. The molecule has 1 atom stereocenters. The Kier molecular flexibility index (Phi) is 5.28. The van der Waals surface area contributed by atoms with Crippen molar-refractivity contribution in [2.45, 2.75) is 19.5 Å². The number of rotatable bonds is 7. The van der Waals surface area contributed by atoms with Gasteiger partial charge in [0.25, 0.3) is 0 Å². The summed E-state index contributed by atoms with van der Waals surface area (Å²) in [6.45, 7) is 2.78. The van der Waals surface area contributed by atoms with Gasteiger partial charge in [0.1, 0.15) is 18.9 Å².